The average Bonchev–Trinajstić information content (AvgIpc) is 2.65. The van der Waals surface area contributed by atoms with Crippen molar-refractivity contribution < 1.29 is 17.9 Å². The number of amides is 1. The highest BCUT2D eigenvalue weighted by Crippen LogP contribution is 2.43. The Morgan fingerprint density at radius 2 is 1.93 bits per heavy atom. The molecule has 1 heterocycles. The second-order valence-corrected chi connectivity index (χ2v) is 9.06. The number of rotatable bonds is 7. The standard InChI is InChI=1S/C20H23ClN2O4S/c1-14(2)27-11-5-10-22-20(24)13-23-18-9-8-15(21)12-17(18)16-6-3-4-7-19(16)28(23,25)26/h3-4,6-9,12,14H,5,10-11,13H2,1-2H3,(H,22,24). The van der Waals surface area contributed by atoms with Gasteiger partial charge in [-0.05, 0) is 44.5 Å². The number of anilines is 1. The van der Waals surface area contributed by atoms with Gasteiger partial charge in [-0.25, -0.2) is 8.42 Å². The zero-order valence-electron chi connectivity index (χ0n) is 15.8. The summed E-state index contributed by atoms with van der Waals surface area (Å²) in [4.78, 5) is 12.6. The van der Waals surface area contributed by atoms with Crippen molar-refractivity contribution in [2.75, 3.05) is 24.0 Å². The summed E-state index contributed by atoms with van der Waals surface area (Å²) in [5.74, 6) is -0.367. The van der Waals surface area contributed by atoms with E-state index in [1.165, 1.54) is 0 Å². The highest BCUT2D eigenvalue weighted by molar-refractivity contribution is 7.93. The number of hydrogen-bond acceptors (Lipinski definition) is 4. The molecule has 0 saturated heterocycles. The first-order valence-electron chi connectivity index (χ1n) is 9.10. The summed E-state index contributed by atoms with van der Waals surface area (Å²) in [5, 5.41) is 3.26. The van der Waals surface area contributed by atoms with E-state index in [0.717, 1.165) is 4.31 Å². The predicted molar refractivity (Wildman–Crippen MR) is 110 cm³/mol. The highest BCUT2D eigenvalue weighted by Gasteiger charge is 2.35. The molecule has 0 atom stereocenters. The monoisotopic (exact) mass is 422 g/mol. The topological polar surface area (TPSA) is 75.7 Å². The second-order valence-electron chi connectivity index (χ2n) is 6.79. The van der Waals surface area contributed by atoms with Crippen LogP contribution in [0.2, 0.25) is 5.02 Å². The maximum absolute atomic E-state index is 13.1. The van der Waals surface area contributed by atoms with Gasteiger partial charge in [-0.1, -0.05) is 29.8 Å². The number of nitrogens with one attached hydrogen (secondary N) is 1. The van der Waals surface area contributed by atoms with Gasteiger partial charge in [-0.15, -0.1) is 0 Å². The van der Waals surface area contributed by atoms with Gasteiger partial charge < -0.3 is 10.1 Å². The van der Waals surface area contributed by atoms with Crippen LogP contribution >= 0.6 is 11.6 Å². The quantitative estimate of drug-likeness (QED) is 0.693. The Morgan fingerprint density at radius 3 is 2.68 bits per heavy atom. The molecule has 2 aromatic carbocycles. The summed E-state index contributed by atoms with van der Waals surface area (Å²) < 4.78 is 32.8. The lowest BCUT2D eigenvalue weighted by atomic mass is 10.0. The van der Waals surface area contributed by atoms with Crippen molar-refractivity contribution in [3.8, 4) is 11.1 Å². The Kier molecular flexibility index (Phi) is 6.27. The molecule has 1 N–H and O–H groups in total. The average molecular weight is 423 g/mol. The maximum atomic E-state index is 13.1. The fourth-order valence-electron chi connectivity index (χ4n) is 3.08. The summed E-state index contributed by atoms with van der Waals surface area (Å²) in [5.41, 5.74) is 1.72. The smallest absolute Gasteiger partial charge is 0.265 e. The van der Waals surface area contributed by atoms with Crippen LogP contribution in [-0.2, 0) is 19.6 Å². The summed E-state index contributed by atoms with van der Waals surface area (Å²) in [6, 6.07) is 11.7. The van der Waals surface area contributed by atoms with Crippen LogP contribution in [0.25, 0.3) is 11.1 Å². The zero-order valence-corrected chi connectivity index (χ0v) is 17.4. The van der Waals surface area contributed by atoms with Crippen molar-refractivity contribution in [2.45, 2.75) is 31.3 Å². The van der Waals surface area contributed by atoms with Gasteiger partial charge in [0.2, 0.25) is 5.91 Å². The van der Waals surface area contributed by atoms with E-state index in [4.69, 9.17) is 16.3 Å². The van der Waals surface area contributed by atoms with Crippen molar-refractivity contribution >= 4 is 33.2 Å². The minimum Gasteiger partial charge on any atom is -0.379 e. The van der Waals surface area contributed by atoms with E-state index in [1.54, 1.807) is 42.5 Å². The van der Waals surface area contributed by atoms with Gasteiger partial charge in [0, 0.05) is 29.3 Å². The fraction of sp³-hybridized carbons (Fsp3) is 0.350. The number of ether oxygens (including phenoxy) is 1. The van der Waals surface area contributed by atoms with Crippen LogP contribution in [0.1, 0.15) is 20.3 Å². The molecule has 28 heavy (non-hydrogen) atoms. The van der Waals surface area contributed by atoms with E-state index in [9.17, 15) is 13.2 Å². The molecular formula is C20H23ClN2O4S. The van der Waals surface area contributed by atoms with E-state index in [0.29, 0.717) is 41.4 Å². The number of hydrogen-bond donors (Lipinski definition) is 1. The minimum absolute atomic E-state index is 0.137. The lowest BCUT2D eigenvalue weighted by Gasteiger charge is -2.31. The number of halogens is 1. The Hall–Kier alpha value is -2.09. The zero-order chi connectivity index (χ0) is 20.3. The molecule has 0 saturated carbocycles. The molecule has 1 aliphatic rings. The summed E-state index contributed by atoms with van der Waals surface area (Å²) in [7, 11) is -3.85. The molecule has 0 unspecified atom stereocenters. The third-order valence-electron chi connectivity index (χ3n) is 4.35. The molecule has 0 bridgehead atoms. The van der Waals surface area contributed by atoms with Crippen LogP contribution in [-0.4, -0.2) is 40.1 Å². The predicted octanol–water partition coefficient (Wildman–Crippen LogP) is 3.45. The Morgan fingerprint density at radius 1 is 1.18 bits per heavy atom. The number of benzene rings is 2. The van der Waals surface area contributed by atoms with Gasteiger partial charge in [-0.3, -0.25) is 9.10 Å². The highest BCUT2D eigenvalue weighted by atomic mass is 35.5. The fourth-order valence-corrected chi connectivity index (χ4v) is 4.90. The summed E-state index contributed by atoms with van der Waals surface area (Å²) >= 11 is 6.13. The van der Waals surface area contributed by atoms with Crippen molar-refractivity contribution in [3.05, 3.63) is 47.5 Å². The van der Waals surface area contributed by atoms with Gasteiger partial charge in [0.1, 0.15) is 6.54 Å². The van der Waals surface area contributed by atoms with Gasteiger partial charge >= 0.3 is 0 Å². The molecule has 3 rings (SSSR count). The van der Waals surface area contributed by atoms with Crippen LogP contribution < -0.4 is 9.62 Å². The first-order valence-corrected chi connectivity index (χ1v) is 10.9. The molecular weight excluding hydrogens is 400 g/mol. The van der Waals surface area contributed by atoms with Crippen LogP contribution in [0, 0.1) is 0 Å². The van der Waals surface area contributed by atoms with Crippen molar-refractivity contribution in [1.29, 1.82) is 0 Å². The third kappa shape index (κ3) is 4.32. The van der Waals surface area contributed by atoms with E-state index < -0.39 is 10.0 Å². The molecule has 0 aliphatic carbocycles. The Bertz CT molecular complexity index is 976. The largest absolute Gasteiger partial charge is 0.379 e. The van der Waals surface area contributed by atoms with Gasteiger partial charge in [0.05, 0.1) is 16.7 Å². The van der Waals surface area contributed by atoms with Crippen LogP contribution in [0.15, 0.2) is 47.4 Å². The van der Waals surface area contributed by atoms with Crippen LogP contribution in [0.4, 0.5) is 5.69 Å². The van der Waals surface area contributed by atoms with Crippen molar-refractivity contribution in [1.82, 2.24) is 5.32 Å². The molecule has 0 radical (unpaired) electrons. The molecule has 8 heteroatoms. The van der Waals surface area contributed by atoms with E-state index in [1.807, 2.05) is 13.8 Å². The van der Waals surface area contributed by atoms with Gasteiger partial charge in [0.25, 0.3) is 10.0 Å². The summed E-state index contributed by atoms with van der Waals surface area (Å²) in [6.45, 7) is 4.55. The lowest BCUT2D eigenvalue weighted by Crippen LogP contribution is -2.42. The van der Waals surface area contributed by atoms with Gasteiger partial charge in [-0.2, -0.15) is 0 Å². The summed E-state index contributed by atoms with van der Waals surface area (Å²) in [6.07, 6.45) is 0.795. The minimum atomic E-state index is -3.85. The SMILES string of the molecule is CC(C)OCCCNC(=O)CN1c2ccc(Cl)cc2-c2ccccc2S1(=O)=O. The van der Waals surface area contributed by atoms with Crippen LogP contribution in [0.3, 0.4) is 0 Å². The Labute approximate surface area is 170 Å². The van der Waals surface area contributed by atoms with E-state index in [-0.39, 0.29) is 23.5 Å². The molecule has 0 aromatic heterocycles. The maximum Gasteiger partial charge on any atom is 0.265 e. The lowest BCUT2D eigenvalue weighted by molar-refractivity contribution is -0.119. The molecule has 0 fully saturated rings. The molecule has 1 aliphatic heterocycles. The number of nitrogens with zero attached hydrogens (tertiary/aromatic N) is 1. The third-order valence-corrected chi connectivity index (χ3v) is 6.41. The number of fused-ring (bicyclic) bond motifs is 3. The van der Waals surface area contributed by atoms with Gasteiger partial charge in [0.15, 0.2) is 0 Å². The molecule has 2 aromatic rings. The number of sulfonamides is 1. The molecule has 150 valence electrons. The number of carbonyl (C=O) groups excluding carboxylic acids is 1. The van der Waals surface area contributed by atoms with Crippen molar-refractivity contribution in [3.63, 3.8) is 0 Å². The molecule has 6 nitrogen and oxygen atoms in total. The first kappa shape index (κ1) is 20.6. The Balaban J connectivity index is 1.81. The normalized spacial score (nSPS) is 14.5. The van der Waals surface area contributed by atoms with Crippen LogP contribution in [0.5, 0.6) is 0 Å². The van der Waals surface area contributed by atoms with E-state index >= 15 is 0 Å². The van der Waals surface area contributed by atoms with Crippen molar-refractivity contribution in [2.24, 2.45) is 0 Å². The molecule has 1 amide bonds. The van der Waals surface area contributed by atoms with E-state index in [2.05, 4.69) is 5.32 Å². The first-order chi connectivity index (χ1) is 13.3. The second kappa shape index (κ2) is 8.51. The molecule has 0 spiro atoms. The number of carbonyl (C=O) groups is 1.